The Bertz CT molecular complexity index is 98.6. The highest BCUT2D eigenvalue weighted by Gasteiger charge is 2.06. The number of aliphatic carboxylic acids is 1. The minimum absolute atomic E-state index is 0.486. The summed E-state index contributed by atoms with van der Waals surface area (Å²) in [6, 6.07) is 0. The molecule has 5 heteroatoms. The van der Waals surface area contributed by atoms with Crippen LogP contribution in [0.5, 0.6) is 0 Å². The molecule has 0 aliphatic carbocycles. The van der Waals surface area contributed by atoms with E-state index >= 15 is 0 Å². The molecule has 3 nitrogen and oxygen atoms in total. The number of hydrogen-bond acceptors (Lipinski definition) is 4. The lowest BCUT2D eigenvalue weighted by atomic mass is 10.3. The van der Waals surface area contributed by atoms with Crippen molar-refractivity contribution in [3.05, 3.63) is 0 Å². The summed E-state index contributed by atoms with van der Waals surface area (Å²) >= 11 is 7.52. The van der Waals surface area contributed by atoms with Gasteiger partial charge in [0.1, 0.15) is 0 Å². The van der Waals surface area contributed by atoms with Crippen LogP contribution >= 0.6 is 25.3 Å². The first kappa shape index (κ1) is 13.7. The molecule has 0 aromatic rings. The molecular weight excluding hydrogens is 182 g/mol. The Morgan fingerprint density at radius 3 is 2.09 bits per heavy atom. The fourth-order valence-electron chi connectivity index (χ4n) is 0.175. The van der Waals surface area contributed by atoms with E-state index in [0.717, 1.165) is 5.75 Å². The summed E-state index contributed by atoms with van der Waals surface area (Å²) in [5.74, 6) is -0.0502. The highest BCUT2D eigenvalue weighted by molar-refractivity contribution is 7.81. The van der Waals surface area contributed by atoms with Crippen LogP contribution in [0, 0.1) is 0 Å². The quantitative estimate of drug-likeness (QED) is 0.502. The monoisotopic (exact) mass is 197 g/mol. The Balaban J connectivity index is 0. The molecule has 0 aliphatic heterocycles. The lowest BCUT2D eigenvalue weighted by molar-refractivity contribution is -0.136. The van der Waals surface area contributed by atoms with Crippen molar-refractivity contribution in [1.82, 2.24) is 0 Å². The summed E-state index contributed by atoms with van der Waals surface area (Å²) in [6.45, 7) is 2.47. The maximum atomic E-state index is 9.85. The van der Waals surface area contributed by atoms with Gasteiger partial charge in [-0.05, 0) is 6.42 Å². The molecular formula is C6H15NO2S2. The van der Waals surface area contributed by atoms with Crippen LogP contribution < -0.4 is 5.73 Å². The maximum Gasteiger partial charge on any atom is 0.316 e. The van der Waals surface area contributed by atoms with Gasteiger partial charge in [0.05, 0.1) is 5.25 Å². The van der Waals surface area contributed by atoms with Gasteiger partial charge in [0.2, 0.25) is 0 Å². The van der Waals surface area contributed by atoms with E-state index in [0.29, 0.717) is 13.0 Å². The van der Waals surface area contributed by atoms with Crippen LogP contribution in [0.4, 0.5) is 0 Å². The Morgan fingerprint density at radius 1 is 1.73 bits per heavy atom. The summed E-state index contributed by atoms with van der Waals surface area (Å²) < 4.78 is 0. The molecule has 0 fully saturated rings. The second-order valence-electron chi connectivity index (χ2n) is 1.77. The standard InChI is InChI=1S/C4H8O2S.C2H7NS/c1-2-3(7)4(5)6;3-1-2-4/h3,7H,2H2,1H3,(H,5,6);4H,1-3H2. The summed E-state index contributed by atoms with van der Waals surface area (Å²) in [5.41, 5.74) is 4.95. The van der Waals surface area contributed by atoms with Gasteiger partial charge in [0.15, 0.2) is 0 Å². The largest absolute Gasteiger partial charge is 0.480 e. The predicted molar refractivity (Wildman–Crippen MR) is 53.6 cm³/mol. The Morgan fingerprint density at radius 2 is 2.09 bits per heavy atom. The molecule has 0 saturated heterocycles. The number of rotatable bonds is 3. The highest BCUT2D eigenvalue weighted by Crippen LogP contribution is 1.97. The van der Waals surface area contributed by atoms with Crippen LogP contribution in [0.25, 0.3) is 0 Å². The molecule has 1 unspecified atom stereocenters. The molecule has 3 N–H and O–H groups in total. The van der Waals surface area contributed by atoms with Crippen LogP contribution in [-0.4, -0.2) is 28.6 Å². The van der Waals surface area contributed by atoms with E-state index in [9.17, 15) is 4.79 Å². The van der Waals surface area contributed by atoms with Crippen molar-refractivity contribution < 1.29 is 9.90 Å². The van der Waals surface area contributed by atoms with Crippen molar-refractivity contribution in [2.75, 3.05) is 12.3 Å². The molecule has 0 aliphatic rings. The SMILES string of the molecule is CCC(S)C(=O)O.NCCS. The molecule has 11 heavy (non-hydrogen) atoms. The number of carboxylic acids is 1. The number of thiol groups is 2. The van der Waals surface area contributed by atoms with Gasteiger partial charge in [-0.25, -0.2) is 0 Å². The highest BCUT2D eigenvalue weighted by atomic mass is 32.1. The predicted octanol–water partition coefficient (Wildman–Crippen LogP) is 0.654. The Labute approximate surface area is 78.2 Å². The fraction of sp³-hybridized carbons (Fsp3) is 0.833. The van der Waals surface area contributed by atoms with Crippen molar-refractivity contribution in [3.8, 4) is 0 Å². The third-order valence-corrected chi connectivity index (χ3v) is 1.65. The van der Waals surface area contributed by atoms with Crippen molar-refractivity contribution in [2.45, 2.75) is 18.6 Å². The smallest absolute Gasteiger partial charge is 0.316 e. The van der Waals surface area contributed by atoms with E-state index in [1.54, 1.807) is 6.92 Å². The third-order valence-electron chi connectivity index (χ3n) is 0.801. The van der Waals surface area contributed by atoms with Gasteiger partial charge in [-0.15, -0.1) is 0 Å². The molecule has 68 valence electrons. The molecule has 0 aromatic heterocycles. The van der Waals surface area contributed by atoms with Gasteiger partial charge >= 0.3 is 5.97 Å². The molecule has 0 heterocycles. The molecule has 0 saturated carbocycles. The topological polar surface area (TPSA) is 63.3 Å². The summed E-state index contributed by atoms with van der Waals surface area (Å²) in [6.07, 6.45) is 0.582. The number of hydrogen-bond donors (Lipinski definition) is 4. The molecule has 0 radical (unpaired) electrons. The van der Waals surface area contributed by atoms with Crippen LogP contribution in [0.1, 0.15) is 13.3 Å². The molecule has 1 atom stereocenters. The van der Waals surface area contributed by atoms with Crippen LogP contribution in [0.15, 0.2) is 0 Å². The van der Waals surface area contributed by atoms with Gasteiger partial charge in [0.25, 0.3) is 0 Å². The van der Waals surface area contributed by atoms with Crippen LogP contribution in [0.2, 0.25) is 0 Å². The zero-order valence-electron chi connectivity index (χ0n) is 6.53. The van der Waals surface area contributed by atoms with Gasteiger partial charge in [-0.2, -0.15) is 25.3 Å². The second-order valence-corrected chi connectivity index (χ2v) is 2.85. The first-order chi connectivity index (χ1) is 5.09. The zero-order valence-corrected chi connectivity index (χ0v) is 8.31. The van der Waals surface area contributed by atoms with Crippen LogP contribution in [0.3, 0.4) is 0 Å². The Hall–Kier alpha value is 0.130. The van der Waals surface area contributed by atoms with Crippen molar-refractivity contribution >= 4 is 31.2 Å². The number of carboxylic acid groups (broad SMARTS) is 1. The minimum atomic E-state index is -0.842. The van der Waals surface area contributed by atoms with Gasteiger partial charge < -0.3 is 10.8 Å². The molecule has 0 bridgehead atoms. The van der Waals surface area contributed by atoms with Gasteiger partial charge in [0, 0.05) is 12.3 Å². The van der Waals surface area contributed by atoms with E-state index in [-0.39, 0.29) is 0 Å². The normalized spacial score (nSPS) is 11.3. The van der Waals surface area contributed by atoms with Crippen molar-refractivity contribution in [1.29, 1.82) is 0 Å². The molecule has 0 aromatic carbocycles. The van der Waals surface area contributed by atoms with E-state index in [1.165, 1.54) is 0 Å². The molecule has 0 spiro atoms. The molecule has 0 amide bonds. The maximum absolute atomic E-state index is 9.85. The summed E-state index contributed by atoms with van der Waals surface area (Å²) in [5, 5.41) is 7.62. The number of carbonyl (C=O) groups is 1. The van der Waals surface area contributed by atoms with Gasteiger partial charge in [-0.3, -0.25) is 4.79 Å². The number of nitrogens with two attached hydrogens (primary N) is 1. The van der Waals surface area contributed by atoms with E-state index in [2.05, 4.69) is 25.3 Å². The summed E-state index contributed by atoms with van der Waals surface area (Å²) in [4.78, 5) is 9.85. The minimum Gasteiger partial charge on any atom is -0.480 e. The van der Waals surface area contributed by atoms with Crippen molar-refractivity contribution in [2.24, 2.45) is 5.73 Å². The van der Waals surface area contributed by atoms with Gasteiger partial charge in [-0.1, -0.05) is 6.92 Å². The summed E-state index contributed by atoms with van der Waals surface area (Å²) in [7, 11) is 0. The van der Waals surface area contributed by atoms with E-state index < -0.39 is 11.2 Å². The van der Waals surface area contributed by atoms with Crippen molar-refractivity contribution in [3.63, 3.8) is 0 Å². The zero-order chi connectivity index (χ0) is 9.28. The molecule has 0 rings (SSSR count). The average Bonchev–Trinajstić information content (AvgIpc) is 2.03. The second kappa shape index (κ2) is 10.1. The third kappa shape index (κ3) is 13.2. The first-order valence-electron chi connectivity index (χ1n) is 3.31. The first-order valence-corrected chi connectivity index (χ1v) is 4.46. The fourth-order valence-corrected chi connectivity index (χ4v) is 0.175. The average molecular weight is 197 g/mol. The van der Waals surface area contributed by atoms with Crippen LogP contribution in [-0.2, 0) is 4.79 Å². The van der Waals surface area contributed by atoms with E-state index in [1.807, 2.05) is 0 Å². The Kier molecular flexibility index (Phi) is 12.6. The lowest BCUT2D eigenvalue weighted by Crippen LogP contribution is -2.10. The lowest BCUT2D eigenvalue weighted by Gasteiger charge is -1.95. The van der Waals surface area contributed by atoms with E-state index in [4.69, 9.17) is 10.8 Å².